The first-order valence-electron chi connectivity index (χ1n) is 5.39. The van der Waals surface area contributed by atoms with Gasteiger partial charge in [-0.2, -0.15) is 0 Å². The molecule has 4 heteroatoms. The molecule has 1 saturated carbocycles. The van der Waals surface area contributed by atoms with Crippen LogP contribution in [0, 0.1) is 5.92 Å². The summed E-state index contributed by atoms with van der Waals surface area (Å²) < 4.78 is 0. The molecule has 1 aliphatic carbocycles. The van der Waals surface area contributed by atoms with Crippen LogP contribution in [0.1, 0.15) is 37.3 Å². The lowest BCUT2D eigenvalue weighted by molar-refractivity contribution is 0.445. The second kappa shape index (κ2) is 6.11. The average Bonchev–Trinajstić information content (AvgIpc) is 2.74. The number of hydrogen-bond donors (Lipinski definition) is 1. The van der Waals surface area contributed by atoms with E-state index in [2.05, 4.69) is 0 Å². The molecule has 0 unspecified atom stereocenters. The van der Waals surface area contributed by atoms with Gasteiger partial charge in [-0.1, -0.05) is 48.2 Å². The molecular formula is C12H16Cl3N. The fourth-order valence-electron chi connectivity index (χ4n) is 2.35. The van der Waals surface area contributed by atoms with E-state index in [-0.39, 0.29) is 18.4 Å². The van der Waals surface area contributed by atoms with Gasteiger partial charge in [0, 0.05) is 6.04 Å². The number of hydrogen-bond acceptors (Lipinski definition) is 1. The summed E-state index contributed by atoms with van der Waals surface area (Å²) in [5.74, 6) is 0.570. The van der Waals surface area contributed by atoms with Gasteiger partial charge in [-0.05, 0) is 30.4 Å². The van der Waals surface area contributed by atoms with E-state index in [0.717, 1.165) is 5.56 Å². The highest BCUT2D eigenvalue weighted by atomic mass is 35.5. The van der Waals surface area contributed by atoms with Crippen LogP contribution in [-0.4, -0.2) is 0 Å². The first-order valence-corrected chi connectivity index (χ1v) is 6.15. The molecule has 0 heterocycles. The highest BCUT2D eigenvalue weighted by molar-refractivity contribution is 6.42. The summed E-state index contributed by atoms with van der Waals surface area (Å²) in [5, 5.41) is 1.22. The summed E-state index contributed by atoms with van der Waals surface area (Å²) in [6, 6.07) is 5.74. The SMILES string of the molecule is Cl.N[C@@H](c1cccc(Cl)c1Cl)C1CCCC1. The molecule has 0 aromatic heterocycles. The molecule has 2 N–H and O–H groups in total. The van der Waals surface area contributed by atoms with Crippen molar-refractivity contribution in [2.24, 2.45) is 11.7 Å². The number of rotatable bonds is 2. The minimum Gasteiger partial charge on any atom is -0.324 e. The Kier molecular flexibility index (Phi) is 5.39. The summed E-state index contributed by atoms with van der Waals surface area (Å²) in [5.41, 5.74) is 7.22. The van der Waals surface area contributed by atoms with Gasteiger partial charge in [-0.3, -0.25) is 0 Å². The van der Waals surface area contributed by atoms with Crippen molar-refractivity contribution in [3.63, 3.8) is 0 Å². The zero-order valence-corrected chi connectivity index (χ0v) is 11.3. The molecule has 0 bridgehead atoms. The van der Waals surface area contributed by atoms with Crippen LogP contribution in [0.15, 0.2) is 18.2 Å². The maximum Gasteiger partial charge on any atom is 0.0640 e. The zero-order chi connectivity index (χ0) is 10.8. The van der Waals surface area contributed by atoms with Crippen molar-refractivity contribution in [1.29, 1.82) is 0 Å². The van der Waals surface area contributed by atoms with Crippen LogP contribution in [-0.2, 0) is 0 Å². The lowest BCUT2D eigenvalue weighted by Gasteiger charge is -2.20. The molecule has 1 nitrogen and oxygen atoms in total. The van der Waals surface area contributed by atoms with Crippen molar-refractivity contribution in [3.8, 4) is 0 Å². The Bertz CT molecular complexity index is 348. The standard InChI is InChI=1S/C12H15Cl2N.ClH/c13-10-7-3-6-9(11(10)14)12(15)8-4-1-2-5-8;/h3,6-8,12H,1-2,4-5,15H2;1H/t12-;/m1./s1. The fraction of sp³-hybridized carbons (Fsp3) is 0.500. The van der Waals surface area contributed by atoms with Crippen molar-refractivity contribution >= 4 is 35.6 Å². The van der Waals surface area contributed by atoms with E-state index in [0.29, 0.717) is 16.0 Å². The molecule has 1 aliphatic rings. The minimum atomic E-state index is 0. The topological polar surface area (TPSA) is 26.0 Å². The molecule has 0 saturated heterocycles. The lowest BCUT2D eigenvalue weighted by Crippen LogP contribution is -2.19. The van der Waals surface area contributed by atoms with Gasteiger partial charge in [0.05, 0.1) is 10.0 Å². The smallest absolute Gasteiger partial charge is 0.0640 e. The maximum atomic E-state index is 6.23. The summed E-state index contributed by atoms with van der Waals surface area (Å²) in [6.07, 6.45) is 5.00. The van der Waals surface area contributed by atoms with E-state index in [1.807, 2.05) is 12.1 Å². The van der Waals surface area contributed by atoms with Crippen LogP contribution >= 0.6 is 35.6 Å². The fourth-order valence-corrected chi connectivity index (χ4v) is 2.78. The quantitative estimate of drug-likeness (QED) is 0.841. The predicted octanol–water partition coefficient (Wildman–Crippen LogP) is 4.61. The van der Waals surface area contributed by atoms with E-state index in [4.69, 9.17) is 28.9 Å². The van der Waals surface area contributed by atoms with E-state index in [1.54, 1.807) is 6.07 Å². The molecule has 0 radical (unpaired) electrons. The summed E-state index contributed by atoms with van der Waals surface area (Å²) in [7, 11) is 0. The molecule has 1 fully saturated rings. The van der Waals surface area contributed by atoms with Gasteiger partial charge >= 0.3 is 0 Å². The van der Waals surface area contributed by atoms with Gasteiger partial charge in [-0.15, -0.1) is 12.4 Å². The Morgan fingerprint density at radius 2 is 1.81 bits per heavy atom. The molecule has 1 aromatic rings. The molecule has 1 atom stereocenters. The van der Waals surface area contributed by atoms with Gasteiger partial charge in [0.2, 0.25) is 0 Å². The maximum absolute atomic E-state index is 6.23. The first kappa shape index (κ1) is 14.1. The van der Waals surface area contributed by atoms with E-state index >= 15 is 0 Å². The van der Waals surface area contributed by atoms with Crippen molar-refractivity contribution < 1.29 is 0 Å². The number of benzene rings is 1. The summed E-state index contributed by atoms with van der Waals surface area (Å²) in [4.78, 5) is 0. The Balaban J connectivity index is 0.00000128. The van der Waals surface area contributed by atoms with Gasteiger partial charge < -0.3 is 5.73 Å². The van der Waals surface area contributed by atoms with E-state index < -0.39 is 0 Å². The van der Waals surface area contributed by atoms with Crippen LogP contribution in [0.5, 0.6) is 0 Å². The molecule has 1 aromatic carbocycles. The van der Waals surface area contributed by atoms with E-state index in [1.165, 1.54) is 25.7 Å². The molecular weight excluding hydrogens is 264 g/mol. The first-order chi connectivity index (χ1) is 7.20. The Morgan fingerprint density at radius 1 is 1.19 bits per heavy atom. The second-order valence-electron chi connectivity index (χ2n) is 4.21. The Hall–Kier alpha value is 0.0500. The summed E-state index contributed by atoms with van der Waals surface area (Å²) in [6.45, 7) is 0. The molecule has 90 valence electrons. The van der Waals surface area contributed by atoms with E-state index in [9.17, 15) is 0 Å². The molecule has 0 amide bonds. The normalized spacial score (nSPS) is 18.2. The van der Waals surface area contributed by atoms with Crippen LogP contribution in [0.2, 0.25) is 10.0 Å². The highest BCUT2D eigenvalue weighted by Crippen LogP contribution is 2.38. The predicted molar refractivity (Wildman–Crippen MR) is 72.6 cm³/mol. The van der Waals surface area contributed by atoms with Gasteiger partial charge in [-0.25, -0.2) is 0 Å². The lowest BCUT2D eigenvalue weighted by atomic mass is 9.92. The highest BCUT2D eigenvalue weighted by Gasteiger charge is 2.25. The van der Waals surface area contributed by atoms with Crippen molar-refractivity contribution in [2.75, 3.05) is 0 Å². The molecule has 16 heavy (non-hydrogen) atoms. The van der Waals surface area contributed by atoms with Crippen LogP contribution in [0.4, 0.5) is 0 Å². The third-order valence-electron chi connectivity index (χ3n) is 3.25. The van der Waals surface area contributed by atoms with Crippen LogP contribution in [0.25, 0.3) is 0 Å². The van der Waals surface area contributed by atoms with Gasteiger partial charge in [0.15, 0.2) is 0 Å². The Morgan fingerprint density at radius 3 is 2.44 bits per heavy atom. The number of halogens is 3. The second-order valence-corrected chi connectivity index (χ2v) is 5.00. The van der Waals surface area contributed by atoms with Crippen molar-refractivity contribution in [1.82, 2.24) is 0 Å². The molecule has 0 aliphatic heterocycles. The van der Waals surface area contributed by atoms with Gasteiger partial charge in [0.1, 0.15) is 0 Å². The van der Waals surface area contributed by atoms with Crippen molar-refractivity contribution in [3.05, 3.63) is 33.8 Å². The van der Waals surface area contributed by atoms with Crippen LogP contribution in [0.3, 0.4) is 0 Å². The average molecular weight is 281 g/mol. The minimum absolute atomic E-state index is 0. The third kappa shape index (κ3) is 2.84. The van der Waals surface area contributed by atoms with Crippen molar-refractivity contribution in [2.45, 2.75) is 31.7 Å². The monoisotopic (exact) mass is 279 g/mol. The number of nitrogens with two attached hydrogens (primary N) is 1. The molecule has 0 spiro atoms. The third-order valence-corrected chi connectivity index (χ3v) is 4.08. The Labute approximate surface area is 113 Å². The van der Waals surface area contributed by atoms with Crippen LogP contribution < -0.4 is 5.73 Å². The molecule has 2 rings (SSSR count). The van der Waals surface area contributed by atoms with Gasteiger partial charge in [0.25, 0.3) is 0 Å². The zero-order valence-electron chi connectivity index (χ0n) is 8.96. The largest absolute Gasteiger partial charge is 0.324 e. The summed E-state index contributed by atoms with van der Waals surface area (Å²) >= 11 is 12.1.